The van der Waals surface area contributed by atoms with Gasteiger partial charge < -0.3 is 15.4 Å². The predicted molar refractivity (Wildman–Crippen MR) is 169 cm³/mol. The van der Waals surface area contributed by atoms with E-state index in [1.807, 2.05) is 67.6 Å². The van der Waals surface area contributed by atoms with Gasteiger partial charge in [0.25, 0.3) is 5.91 Å². The Bertz CT molecular complexity index is 1570. The summed E-state index contributed by atoms with van der Waals surface area (Å²) in [5.41, 5.74) is 3.54. The molecule has 0 bridgehead atoms. The molecular formula is C33H32N4O3S2. The zero-order valence-corrected chi connectivity index (χ0v) is 25.0. The lowest BCUT2D eigenvalue weighted by molar-refractivity contribution is -0.118. The number of ether oxygens (including phenoxy) is 1. The van der Waals surface area contributed by atoms with E-state index in [4.69, 9.17) is 4.74 Å². The lowest BCUT2D eigenvalue weighted by Gasteiger charge is -2.26. The first-order chi connectivity index (χ1) is 20.5. The second kappa shape index (κ2) is 14.2. The van der Waals surface area contributed by atoms with Crippen LogP contribution in [0.15, 0.2) is 89.8 Å². The molecule has 0 radical (unpaired) electrons. The van der Waals surface area contributed by atoms with Gasteiger partial charge in [-0.3, -0.25) is 14.5 Å². The summed E-state index contributed by atoms with van der Waals surface area (Å²) in [5.74, 6) is 0.229. The fourth-order valence-electron chi connectivity index (χ4n) is 4.83. The number of thiophene rings is 1. The van der Waals surface area contributed by atoms with Crippen LogP contribution in [0.5, 0.6) is 5.75 Å². The molecule has 0 saturated carbocycles. The van der Waals surface area contributed by atoms with Crippen LogP contribution in [0.2, 0.25) is 0 Å². The first kappa shape index (κ1) is 29.4. The van der Waals surface area contributed by atoms with Crippen molar-refractivity contribution in [1.82, 2.24) is 4.90 Å². The maximum atomic E-state index is 13.4. The van der Waals surface area contributed by atoms with E-state index in [0.29, 0.717) is 28.4 Å². The van der Waals surface area contributed by atoms with Crippen molar-refractivity contribution >= 4 is 45.6 Å². The molecule has 1 aromatic heterocycles. The Balaban J connectivity index is 1.19. The number of thioether (sulfide) groups is 1. The average Bonchev–Trinajstić information content (AvgIpc) is 3.36. The molecule has 0 spiro atoms. The van der Waals surface area contributed by atoms with Crippen molar-refractivity contribution < 1.29 is 14.3 Å². The topological polar surface area (TPSA) is 94.5 Å². The molecule has 0 saturated heterocycles. The molecule has 0 aliphatic carbocycles. The maximum Gasteiger partial charge on any atom is 0.262 e. The number of rotatable bonds is 11. The fourth-order valence-corrected chi connectivity index (χ4v) is 7.08. The van der Waals surface area contributed by atoms with E-state index < -0.39 is 0 Å². The zero-order chi connectivity index (χ0) is 29.3. The summed E-state index contributed by atoms with van der Waals surface area (Å²) in [6, 6.07) is 29.3. The van der Waals surface area contributed by atoms with Crippen molar-refractivity contribution in [3.63, 3.8) is 0 Å². The summed E-state index contributed by atoms with van der Waals surface area (Å²) in [4.78, 5) is 30.2. The molecule has 7 nitrogen and oxygen atoms in total. The molecule has 0 fully saturated rings. The van der Waals surface area contributed by atoms with Crippen LogP contribution in [0.1, 0.15) is 34.9 Å². The number of amides is 2. The summed E-state index contributed by atoms with van der Waals surface area (Å²) in [6.45, 7) is 4.36. The van der Waals surface area contributed by atoms with E-state index in [-0.39, 0.29) is 23.7 Å². The number of carbonyl (C=O) groups excluding carboxylic acids is 2. The van der Waals surface area contributed by atoms with Crippen LogP contribution in [-0.4, -0.2) is 35.1 Å². The highest BCUT2D eigenvalue weighted by atomic mass is 32.2. The molecular weight excluding hydrogens is 565 g/mol. The fraction of sp³-hybridized carbons (Fsp3) is 0.242. The average molecular weight is 597 g/mol. The highest BCUT2D eigenvalue weighted by molar-refractivity contribution is 8.00. The molecule has 1 atom stereocenters. The lowest BCUT2D eigenvalue weighted by atomic mass is 10.0. The van der Waals surface area contributed by atoms with Gasteiger partial charge in [0.05, 0.1) is 10.8 Å². The number of hydrogen-bond acceptors (Lipinski definition) is 7. The number of hydrogen-bond donors (Lipinski definition) is 2. The lowest BCUT2D eigenvalue weighted by Crippen LogP contribution is -2.29. The van der Waals surface area contributed by atoms with Crippen LogP contribution in [0.3, 0.4) is 0 Å². The van der Waals surface area contributed by atoms with Gasteiger partial charge in [0.1, 0.15) is 16.8 Å². The SMILES string of the molecule is CCC(Sc1cccc(NC(=O)COc2ccccc2)c1)C(=O)Nc1sc2c(c1C#N)CCN(Cc1ccccc1)C2. The third kappa shape index (κ3) is 7.59. The Morgan fingerprint density at radius 1 is 1.05 bits per heavy atom. The highest BCUT2D eigenvalue weighted by Crippen LogP contribution is 2.38. The molecule has 2 amide bonds. The molecule has 214 valence electrons. The van der Waals surface area contributed by atoms with Crippen molar-refractivity contribution in [3.8, 4) is 11.8 Å². The van der Waals surface area contributed by atoms with Crippen molar-refractivity contribution in [2.75, 3.05) is 23.8 Å². The van der Waals surface area contributed by atoms with Gasteiger partial charge >= 0.3 is 0 Å². The standard InChI is InChI=1S/C33H32N4O3S2/c1-2-29(41-26-15-9-12-24(18-26)35-31(38)22-40-25-13-7-4-8-14-25)32(39)36-33-28(19-34)27-16-17-37(21-30(27)42-33)20-23-10-5-3-6-11-23/h3-15,18,29H,2,16-17,20-22H2,1H3,(H,35,38)(H,36,39). The van der Waals surface area contributed by atoms with Gasteiger partial charge in [0, 0.05) is 35.1 Å². The summed E-state index contributed by atoms with van der Waals surface area (Å²) >= 11 is 2.95. The van der Waals surface area contributed by atoms with E-state index in [9.17, 15) is 14.9 Å². The van der Waals surface area contributed by atoms with E-state index in [0.717, 1.165) is 41.4 Å². The number of nitriles is 1. The van der Waals surface area contributed by atoms with Crippen LogP contribution < -0.4 is 15.4 Å². The van der Waals surface area contributed by atoms with Crippen LogP contribution >= 0.6 is 23.1 Å². The summed E-state index contributed by atoms with van der Waals surface area (Å²) in [7, 11) is 0. The van der Waals surface area contributed by atoms with E-state index in [1.54, 1.807) is 12.1 Å². The predicted octanol–water partition coefficient (Wildman–Crippen LogP) is 6.70. The largest absolute Gasteiger partial charge is 0.484 e. The van der Waals surface area contributed by atoms with E-state index >= 15 is 0 Å². The summed E-state index contributed by atoms with van der Waals surface area (Å²) in [6.07, 6.45) is 1.40. The molecule has 2 heterocycles. The Morgan fingerprint density at radius 2 is 1.81 bits per heavy atom. The third-order valence-corrected chi connectivity index (χ3v) is 9.40. The molecule has 1 aliphatic heterocycles. The molecule has 5 rings (SSSR count). The second-order valence-corrected chi connectivity index (χ2v) is 12.3. The third-order valence-electron chi connectivity index (χ3n) is 6.91. The minimum Gasteiger partial charge on any atom is -0.484 e. The van der Waals surface area contributed by atoms with Gasteiger partial charge in [-0.25, -0.2) is 0 Å². The number of fused-ring (bicyclic) bond motifs is 1. The monoisotopic (exact) mass is 596 g/mol. The number of benzene rings is 3. The Hall–Kier alpha value is -4.10. The molecule has 1 unspecified atom stereocenters. The quantitative estimate of drug-likeness (QED) is 0.187. The number of nitrogens with one attached hydrogen (secondary N) is 2. The zero-order valence-electron chi connectivity index (χ0n) is 23.3. The van der Waals surface area contributed by atoms with Crippen molar-refractivity contribution in [1.29, 1.82) is 5.26 Å². The van der Waals surface area contributed by atoms with Crippen molar-refractivity contribution in [2.45, 2.75) is 43.0 Å². The van der Waals surface area contributed by atoms with Gasteiger partial charge in [-0.2, -0.15) is 5.26 Å². The van der Waals surface area contributed by atoms with Crippen LogP contribution in [0, 0.1) is 11.3 Å². The first-order valence-electron chi connectivity index (χ1n) is 13.9. The van der Waals surface area contributed by atoms with Crippen LogP contribution in [-0.2, 0) is 29.1 Å². The molecule has 4 aromatic rings. The maximum absolute atomic E-state index is 13.4. The summed E-state index contributed by atoms with van der Waals surface area (Å²) in [5, 5.41) is 16.1. The molecule has 2 N–H and O–H groups in total. The summed E-state index contributed by atoms with van der Waals surface area (Å²) < 4.78 is 5.53. The number of anilines is 2. The van der Waals surface area contributed by atoms with Crippen molar-refractivity contribution in [3.05, 3.63) is 106 Å². The molecule has 3 aromatic carbocycles. The Labute approximate surface area is 254 Å². The van der Waals surface area contributed by atoms with Gasteiger partial charge in [-0.05, 0) is 54.3 Å². The molecule has 42 heavy (non-hydrogen) atoms. The van der Waals surface area contributed by atoms with E-state index in [1.165, 1.54) is 28.7 Å². The van der Waals surface area contributed by atoms with Crippen molar-refractivity contribution in [2.24, 2.45) is 0 Å². The van der Waals surface area contributed by atoms with Gasteiger partial charge in [-0.15, -0.1) is 23.1 Å². The van der Waals surface area contributed by atoms with Crippen LogP contribution in [0.25, 0.3) is 0 Å². The first-order valence-corrected chi connectivity index (χ1v) is 15.6. The Kier molecular flexibility index (Phi) is 9.93. The number of carbonyl (C=O) groups is 2. The van der Waals surface area contributed by atoms with Crippen LogP contribution in [0.4, 0.5) is 10.7 Å². The number of nitrogens with zero attached hydrogens (tertiary/aromatic N) is 2. The normalized spacial score (nSPS) is 13.4. The highest BCUT2D eigenvalue weighted by Gasteiger charge is 2.27. The van der Waals surface area contributed by atoms with E-state index in [2.05, 4.69) is 33.7 Å². The number of para-hydroxylation sites is 1. The Morgan fingerprint density at radius 3 is 2.55 bits per heavy atom. The minimum absolute atomic E-state index is 0.0998. The smallest absolute Gasteiger partial charge is 0.262 e. The molecule has 1 aliphatic rings. The van der Waals surface area contributed by atoms with Gasteiger partial charge in [0.2, 0.25) is 5.91 Å². The molecule has 9 heteroatoms. The minimum atomic E-state index is -0.363. The van der Waals surface area contributed by atoms with Gasteiger partial charge in [-0.1, -0.05) is 61.5 Å². The van der Waals surface area contributed by atoms with Gasteiger partial charge in [0.15, 0.2) is 6.61 Å². The second-order valence-electron chi connectivity index (χ2n) is 9.95.